The molecule has 2 aliphatic heterocycles. The molecule has 1 saturated carbocycles. The molecule has 1 saturated heterocycles. The van der Waals surface area contributed by atoms with Gasteiger partial charge in [-0.25, -0.2) is 13.8 Å². The molecule has 3 atom stereocenters. The van der Waals surface area contributed by atoms with Crippen molar-refractivity contribution in [3.8, 4) is 0 Å². The molecule has 1 unspecified atom stereocenters. The second-order valence-corrected chi connectivity index (χ2v) is 12.7. The summed E-state index contributed by atoms with van der Waals surface area (Å²) in [5.41, 5.74) is 3.22. The van der Waals surface area contributed by atoms with Crippen molar-refractivity contribution >= 4 is 28.8 Å². The molecule has 1 amide bonds. The Labute approximate surface area is 249 Å². The van der Waals surface area contributed by atoms with E-state index >= 15 is 0 Å². The minimum atomic E-state index is -0.667. The van der Waals surface area contributed by atoms with Gasteiger partial charge in [0.2, 0.25) is 5.91 Å². The van der Waals surface area contributed by atoms with Crippen LogP contribution in [0.3, 0.4) is 0 Å². The van der Waals surface area contributed by atoms with Gasteiger partial charge in [0.15, 0.2) is 5.78 Å². The summed E-state index contributed by atoms with van der Waals surface area (Å²) in [4.78, 5) is 36.3. The predicted octanol–water partition coefficient (Wildman–Crippen LogP) is 5.64. The summed E-state index contributed by atoms with van der Waals surface area (Å²) >= 11 is 0. The molecule has 7 rings (SSSR count). The van der Waals surface area contributed by atoms with E-state index in [1.807, 2.05) is 12.3 Å². The first-order valence-corrected chi connectivity index (χ1v) is 15.1. The van der Waals surface area contributed by atoms with Crippen LogP contribution >= 0.6 is 0 Å². The molecule has 6 nitrogen and oxygen atoms in total. The van der Waals surface area contributed by atoms with Crippen molar-refractivity contribution in [2.45, 2.75) is 62.8 Å². The third kappa shape index (κ3) is 4.91. The molecule has 43 heavy (non-hydrogen) atoms. The van der Waals surface area contributed by atoms with E-state index in [0.29, 0.717) is 43.6 Å². The van der Waals surface area contributed by atoms with Crippen LogP contribution in [-0.2, 0) is 28.9 Å². The highest BCUT2D eigenvalue weighted by Gasteiger charge is 2.48. The van der Waals surface area contributed by atoms with Gasteiger partial charge in [0.25, 0.3) is 0 Å². The normalized spacial score (nSPS) is 26.3. The zero-order chi connectivity index (χ0) is 29.8. The van der Waals surface area contributed by atoms with Gasteiger partial charge in [0.05, 0.1) is 16.5 Å². The summed E-state index contributed by atoms with van der Waals surface area (Å²) in [6.07, 6.45) is 12.6. The Bertz CT molecular complexity index is 1700. The largest absolute Gasteiger partial charge is 0.310 e. The highest BCUT2D eigenvalue weighted by Crippen LogP contribution is 2.44. The highest BCUT2D eigenvalue weighted by atomic mass is 19.1. The van der Waals surface area contributed by atoms with E-state index in [2.05, 4.69) is 40.4 Å². The summed E-state index contributed by atoms with van der Waals surface area (Å²) in [6, 6.07) is 9.87. The van der Waals surface area contributed by atoms with E-state index in [4.69, 9.17) is 4.98 Å². The Morgan fingerprint density at radius 2 is 1.77 bits per heavy atom. The number of ketones is 1. The second-order valence-electron chi connectivity index (χ2n) is 12.7. The summed E-state index contributed by atoms with van der Waals surface area (Å²) in [6.45, 7) is 4.27. The maximum atomic E-state index is 14.3. The first kappa shape index (κ1) is 27.8. The first-order chi connectivity index (χ1) is 20.8. The molecule has 3 aromatic rings. The lowest BCUT2D eigenvalue weighted by Gasteiger charge is -2.32. The number of benzene rings is 2. The standard InChI is InChI=1S/C35H34F2N4O2/c1-2-8-38-31-19-34(33(43)41-31)17-24-12-23-10-21(20-39-30(23)15-25(24)18-34)11-29-28(22-13-26(36)16-27(37)14-22)5-9-40-35(32(29)42)6-3-4-7-35/h2,8,10,12-16,19-20,28-29,40H,1,3-7,9,11,17-18H2,(H,41,43)/t28-,29?,34-/m0/s1. The van der Waals surface area contributed by atoms with Crippen LogP contribution in [0.25, 0.3) is 10.9 Å². The number of carbonyl (C=O) groups is 2. The number of aromatic nitrogens is 1. The van der Waals surface area contributed by atoms with Crippen LogP contribution in [0.15, 0.2) is 72.1 Å². The number of nitrogens with zero attached hydrogens (tertiary/aromatic N) is 2. The molecule has 2 aliphatic carbocycles. The summed E-state index contributed by atoms with van der Waals surface area (Å²) in [7, 11) is 0. The number of amides is 1. The van der Waals surface area contributed by atoms with Gasteiger partial charge in [0.1, 0.15) is 17.5 Å². The van der Waals surface area contributed by atoms with Crippen molar-refractivity contribution in [2.24, 2.45) is 16.3 Å². The van der Waals surface area contributed by atoms with Crippen LogP contribution < -0.4 is 10.6 Å². The molecular formula is C35H34F2N4O2. The van der Waals surface area contributed by atoms with Crippen molar-refractivity contribution in [2.75, 3.05) is 6.54 Å². The van der Waals surface area contributed by atoms with Crippen molar-refractivity contribution in [3.05, 3.63) is 101 Å². The quantitative estimate of drug-likeness (QED) is 0.383. The van der Waals surface area contributed by atoms with Crippen molar-refractivity contribution in [3.63, 3.8) is 0 Å². The van der Waals surface area contributed by atoms with E-state index in [9.17, 15) is 18.4 Å². The summed E-state index contributed by atoms with van der Waals surface area (Å²) in [5.74, 6) is -1.38. The lowest BCUT2D eigenvalue weighted by molar-refractivity contribution is -0.129. The molecule has 220 valence electrons. The number of fused-ring (bicyclic) bond motifs is 2. The third-order valence-electron chi connectivity index (χ3n) is 9.94. The first-order valence-electron chi connectivity index (χ1n) is 15.1. The molecule has 0 radical (unpaired) electrons. The van der Waals surface area contributed by atoms with Crippen LogP contribution in [0, 0.1) is 23.0 Å². The average Bonchev–Trinajstić information content (AvgIpc) is 3.65. The highest BCUT2D eigenvalue weighted by molar-refractivity contribution is 5.93. The minimum absolute atomic E-state index is 0.0567. The van der Waals surface area contributed by atoms with Gasteiger partial charge in [-0.15, -0.1) is 0 Å². The smallest absolute Gasteiger partial charge is 0.236 e. The van der Waals surface area contributed by atoms with Gasteiger partial charge in [-0.3, -0.25) is 14.6 Å². The van der Waals surface area contributed by atoms with Crippen LogP contribution in [0.5, 0.6) is 0 Å². The Morgan fingerprint density at radius 1 is 1.02 bits per heavy atom. The number of hydrogen-bond acceptors (Lipinski definition) is 5. The number of nitrogens with one attached hydrogen (secondary N) is 2. The number of allylic oxidation sites excluding steroid dienone is 1. The SMILES string of the molecule is C=CC=NC1=C[C@@]2(Cc3cc4cc(CC5C(=O)C6(CCCC6)NCC[C@H]5c5cc(F)cc(F)c5)cnc4cc3C2)C(=O)N1. The third-order valence-corrected chi connectivity index (χ3v) is 9.94. The summed E-state index contributed by atoms with van der Waals surface area (Å²) < 4.78 is 28.7. The van der Waals surface area contributed by atoms with Crippen LogP contribution in [0.1, 0.15) is 60.3 Å². The number of pyridine rings is 1. The Balaban J connectivity index is 1.22. The van der Waals surface area contributed by atoms with E-state index in [-0.39, 0.29) is 17.6 Å². The molecule has 0 bridgehead atoms. The molecular weight excluding hydrogens is 546 g/mol. The Morgan fingerprint density at radius 3 is 2.51 bits per heavy atom. The van der Waals surface area contributed by atoms with Crippen LogP contribution in [0.4, 0.5) is 8.78 Å². The molecule has 8 heteroatoms. The van der Waals surface area contributed by atoms with Crippen molar-refractivity contribution in [1.29, 1.82) is 0 Å². The number of halogens is 2. The number of Topliss-reactive ketones (excluding diaryl/α,β-unsaturated/α-hetero) is 1. The zero-order valence-electron chi connectivity index (χ0n) is 24.0. The second kappa shape index (κ2) is 10.6. The van der Waals surface area contributed by atoms with E-state index < -0.39 is 28.5 Å². The number of rotatable bonds is 5. The molecule has 2 spiro atoms. The van der Waals surface area contributed by atoms with Crippen molar-refractivity contribution in [1.82, 2.24) is 15.6 Å². The summed E-state index contributed by atoms with van der Waals surface area (Å²) in [5, 5.41) is 7.38. The van der Waals surface area contributed by atoms with Gasteiger partial charge in [-0.2, -0.15) is 0 Å². The number of aliphatic imine (C=N–C) groups is 1. The lowest BCUT2D eigenvalue weighted by atomic mass is 9.73. The van der Waals surface area contributed by atoms with E-state index in [0.717, 1.165) is 59.3 Å². The fraction of sp³-hybridized carbons (Fsp3) is 0.371. The van der Waals surface area contributed by atoms with Crippen LogP contribution in [-0.4, -0.2) is 35.0 Å². The lowest BCUT2D eigenvalue weighted by Crippen LogP contribution is -2.51. The maximum absolute atomic E-state index is 14.3. The molecule has 1 aromatic heterocycles. The van der Waals surface area contributed by atoms with Gasteiger partial charge in [0, 0.05) is 29.8 Å². The molecule has 2 N–H and O–H groups in total. The van der Waals surface area contributed by atoms with E-state index in [1.54, 1.807) is 12.3 Å². The van der Waals surface area contributed by atoms with Gasteiger partial charge >= 0.3 is 0 Å². The van der Waals surface area contributed by atoms with E-state index in [1.165, 1.54) is 12.1 Å². The van der Waals surface area contributed by atoms with Gasteiger partial charge in [-0.05, 0) is 110 Å². The minimum Gasteiger partial charge on any atom is -0.310 e. The Kier molecular flexibility index (Phi) is 6.84. The Hall–Kier alpha value is -4.04. The molecule has 4 aliphatic rings. The maximum Gasteiger partial charge on any atom is 0.236 e. The fourth-order valence-electron chi connectivity index (χ4n) is 7.94. The van der Waals surface area contributed by atoms with Gasteiger partial charge < -0.3 is 10.6 Å². The molecule has 2 fully saturated rings. The topological polar surface area (TPSA) is 83.5 Å². The fourth-order valence-corrected chi connectivity index (χ4v) is 7.94. The number of carbonyl (C=O) groups excluding carboxylic acids is 2. The molecule has 2 aromatic carbocycles. The van der Waals surface area contributed by atoms with Crippen LogP contribution in [0.2, 0.25) is 0 Å². The average molecular weight is 581 g/mol. The number of hydrogen-bond donors (Lipinski definition) is 2. The van der Waals surface area contributed by atoms with Gasteiger partial charge in [-0.1, -0.05) is 25.5 Å². The van der Waals surface area contributed by atoms with Crippen molar-refractivity contribution < 1.29 is 18.4 Å². The molecule has 3 heterocycles. The predicted molar refractivity (Wildman–Crippen MR) is 162 cm³/mol. The zero-order valence-corrected chi connectivity index (χ0v) is 24.0. The monoisotopic (exact) mass is 580 g/mol.